The summed E-state index contributed by atoms with van der Waals surface area (Å²) in [6.07, 6.45) is 1.95. The van der Waals surface area contributed by atoms with Gasteiger partial charge >= 0.3 is 80.2 Å². The molecular formula is C11H19OP. The molecule has 0 saturated heterocycles. The van der Waals surface area contributed by atoms with E-state index < -0.39 is 6.83 Å². The third kappa shape index (κ3) is 2.52. The van der Waals surface area contributed by atoms with Crippen LogP contribution in [0.15, 0.2) is 30.3 Å². The SMILES string of the molecule is CCCP(C)(C)(O)c1ccccc1. The Morgan fingerprint density at radius 3 is 2.15 bits per heavy atom. The molecule has 1 nitrogen and oxygen atoms in total. The number of benzene rings is 1. The molecule has 0 aromatic heterocycles. The van der Waals surface area contributed by atoms with Gasteiger partial charge in [0.15, 0.2) is 0 Å². The van der Waals surface area contributed by atoms with E-state index in [0.29, 0.717) is 0 Å². The molecule has 0 aliphatic rings. The third-order valence-electron chi connectivity index (χ3n) is 2.45. The second-order valence-corrected chi connectivity index (χ2v) is 10.0. The van der Waals surface area contributed by atoms with Gasteiger partial charge in [-0.2, -0.15) is 0 Å². The summed E-state index contributed by atoms with van der Waals surface area (Å²) in [6.45, 7) is 3.61. The fraction of sp³-hybridized carbons (Fsp3) is 0.455. The van der Waals surface area contributed by atoms with E-state index in [9.17, 15) is 4.89 Å². The molecule has 0 saturated carbocycles. The standard InChI is InChI=1S/C11H19OP/c1-4-10-13(2,3,12)11-8-6-5-7-9-11/h5-9,12H,4,10H2,1-3H3. The van der Waals surface area contributed by atoms with Gasteiger partial charge < -0.3 is 0 Å². The van der Waals surface area contributed by atoms with Crippen LogP contribution in [-0.4, -0.2) is 24.4 Å². The summed E-state index contributed by atoms with van der Waals surface area (Å²) in [7, 11) is 0. The number of hydrogen-bond donors (Lipinski definition) is 1. The number of rotatable bonds is 3. The van der Waals surface area contributed by atoms with Gasteiger partial charge in [0, 0.05) is 0 Å². The quantitative estimate of drug-likeness (QED) is 0.740. The molecule has 0 atom stereocenters. The van der Waals surface area contributed by atoms with Crippen molar-refractivity contribution >= 4 is 12.1 Å². The van der Waals surface area contributed by atoms with E-state index in [0.717, 1.165) is 17.9 Å². The maximum atomic E-state index is 10.6. The van der Waals surface area contributed by atoms with E-state index in [2.05, 4.69) is 6.92 Å². The summed E-state index contributed by atoms with van der Waals surface area (Å²) in [5.74, 6) is 0. The predicted octanol–water partition coefficient (Wildman–Crippen LogP) is 2.44. The molecule has 1 aromatic rings. The van der Waals surface area contributed by atoms with Crippen molar-refractivity contribution in [2.45, 2.75) is 13.3 Å². The van der Waals surface area contributed by atoms with Gasteiger partial charge in [-0.05, 0) is 0 Å². The van der Waals surface area contributed by atoms with E-state index in [1.54, 1.807) is 0 Å². The second-order valence-electron chi connectivity index (χ2n) is 4.39. The van der Waals surface area contributed by atoms with E-state index in [1.165, 1.54) is 0 Å². The molecule has 74 valence electrons. The van der Waals surface area contributed by atoms with Gasteiger partial charge in [-0.25, -0.2) is 0 Å². The van der Waals surface area contributed by atoms with Crippen LogP contribution in [0.3, 0.4) is 0 Å². The second kappa shape index (κ2) is 3.40. The molecule has 0 radical (unpaired) electrons. The van der Waals surface area contributed by atoms with Crippen LogP contribution in [-0.2, 0) is 0 Å². The molecule has 0 fully saturated rings. The van der Waals surface area contributed by atoms with Gasteiger partial charge in [0.05, 0.1) is 0 Å². The molecule has 13 heavy (non-hydrogen) atoms. The maximum absolute atomic E-state index is 10.6. The normalized spacial score (nSPS) is 14.9. The van der Waals surface area contributed by atoms with Crippen LogP contribution in [0.2, 0.25) is 0 Å². The molecule has 0 aliphatic carbocycles. The van der Waals surface area contributed by atoms with E-state index in [1.807, 2.05) is 43.7 Å². The summed E-state index contributed by atoms with van der Waals surface area (Å²) in [5, 5.41) is 1.12. The predicted molar refractivity (Wildman–Crippen MR) is 62.2 cm³/mol. The molecule has 0 bridgehead atoms. The molecule has 0 unspecified atom stereocenters. The summed E-state index contributed by atoms with van der Waals surface area (Å²) in [6, 6.07) is 10.0. The van der Waals surface area contributed by atoms with Gasteiger partial charge in [-0.3, -0.25) is 0 Å². The fourth-order valence-corrected chi connectivity index (χ4v) is 4.38. The molecular weight excluding hydrogens is 179 g/mol. The zero-order valence-electron chi connectivity index (χ0n) is 8.70. The van der Waals surface area contributed by atoms with Crippen molar-refractivity contribution in [3.05, 3.63) is 30.3 Å². The molecule has 1 aromatic carbocycles. The Labute approximate surface area is 80.8 Å². The van der Waals surface area contributed by atoms with Crippen molar-refractivity contribution in [2.75, 3.05) is 19.5 Å². The van der Waals surface area contributed by atoms with Crippen molar-refractivity contribution in [3.8, 4) is 0 Å². The van der Waals surface area contributed by atoms with Gasteiger partial charge in [0.1, 0.15) is 0 Å². The van der Waals surface area contributed by atoms with Crippen molar-refractivity contribution in [2.24, 2.45) is 0 Å². The molecule has 1 rings (SSSR count). The van der Waals surface area contributed by atoms with Crippen molar-refractivity contribution in [1.82, 2.24) is 0 Å². The van der Waals surface area contributed by atoms with Crippen molar-refractivity contribution < 1.29 is 4.89 Å². The monoisotopic (exact) mass is 198 g/mol. The van der Waals surface area contributed by atoms with Crippen LogP contribution >= 0.6 is 6.83 Å². The van der Waals surface area contributed by atoms with Crippen LogP contribution in [0.1, 0.15) is 13.3 Å². The zero-order valence-corrected chi connectivity index (χ0v) is 9.59. The minimum absolute atomic E-state index is 0.912. The molecule has 0 spiro atoms. The fourth-order valence-electron chi connectivity index (χ4n) is 1.69. The van der Waals surface area contributed by atoms with Crippen molar-refractivity contribution in [1.29, 1.82) is 0 Å². The number of hydrogen-bond acceptors (Lipinski definition) is 1. The van der Waals surface area contributed by atoms with Crippen LogP contribution in [0.5, 0.6) is 0 Å². The average Bonchev–Trinajstić information content (AvgIpc) is 2.05. The van der Waals surface area contributed by atoms with Gasteiger partial charge in [0.2, 0.25) is 0 Å². The molecule has 1 N–H and O–H groups in total. The summed E-state index contributed by atoms with van der Waals surface area (Å²) in [4.78, 5) is 10.6. The first-order valence-electron chi connectivity index (χ1n) is 4.75. The molecule has 0 amide bonds. The Kier molecular flexibility index (Phi) is 2.79. The Bertz CT molecular complexity index is 271. The summed E-state index contributed by atoms with van der Waals surface area (Å²) in [5.41, 5.74) is 0. The molecule has 0 heterocycles. The summed E-state index contributed by atoms with van der Waals surface area (Å²) >= 11 is 0. The Morgan fingerprint density at radius 1 is 1.15 bits per heavy atom. The molecule has 0 aliphatic heterocycles. The Balaban J connectivity index is 3.05. The first kappa shape index (κ1) is 10.7. The topological polar surface area (TPSA) is 20.2 Å². The van der Waals surface area contributed by atoms with Crippen LogP contribution < -0.4 is 5.30 Å². The van der Waals surface area contributed by atoms with Crippen LogP contribution in [0, 0.1) is 0 Å². The van der Waals surface area contributed by atoms with Crippen molar-refractivity contribution in [3.63, 3.8) is 0 Å². The van der Waals surface area contributed by atoms with Gasteiger partial charge in [-0.1, -0.05) is 0 Å². The Hall–Kier alpha value is -0.390. The van der Waals surface area contributed by atoms with Crippen LogP contribution in [0.25, 0.3) is 0 Å². The summed E-state index contributed by atoms with van der Waals surface area (Å²) < 4.78 is 0. The van der Waals surface area contributed by atoms with Gasteiger partial charge in [0.25, 0.3) is 0 Å². The minimum atomic E-state index is -2.55. The first-order valence-corrected chi connectivity index (χ1v) is 8.02. The first-order chi connectivity index (χ1) is 5.94. The molecule has 2 heteroatoms. The Morgan fingerprint density at radius 2 is 1.69 bits per heavy atom. The zero-order chi connectivity index (χ0) is 9.97. The van der Waals surface area contributed by atoms with E-state index in [4.69, 9.17) is 0 Å². The third-order valence-corrected chi connectivity index (χ3v) is 6.15. The van der Waals surface area contributed by atoms with Gasteiger partial charge in [-0.15, -0.1) is 0 Å². The van der Waals surface area contributed by atoms with E-state index in [-0.39, 0.29) is 0 Å². The van der Waals surface area contributed by atoms with Crippen LogP contribution in [0.4, 0.5) is 0 Å². The van der Waals surface area contributed by atoms with E-state index >= 15 is 0 Å². The average molecular weight is 198 g/mol.